The first kappa shape index (κ1) is 8.51. The van der Waals surface area contributed by atoms with Crippen molar-refractivity contribution in [2.75, 3.05) is 0 Å². The van der Waals surface area contributed by atoms with Crippen molar-refractivity contribution in [1.29, 1.82) is 0 Å². The van der Waals surface area contributed by atoms with E-state index in [1.807, 2.05) is 0 Å². The molecule has 0 amide bonds. The zero-order chi connectivity index (χ0) is 9.71. The van der Waals surface area contributed by atoms with Crippen LogP contribution in [0.5, 0.6) is 0 Å². The van der Waals surface area contributed by atoms with Crippen LogP contribution in [0.2, 0.25) is 0 Å². The van der Waals surface area contributed by atoms with Crippen molar-refractivity contribution in [3.05, 3.63) is 12.2 Å². The largest absolute Gasteiger partial charge is 0.462 e. The summed E-state index contributed by atoms with van der Waals surface area (Å²) in [4.78, 5) is 11.0. The van der Waals surface area contributed by atoms with Crippen LogP contribution in [0.15, 0.2) is 12.2 Å². The van der Waals surface area contributed by atoms with E-state index in [1.54, 1.807) is 0 Å². The number of rotatable bonds is 1. The van der Waals surface area contributed by atoms with E-state index in [2.05, 4.69) is 12.2 Å². The summed E-state index contributed by atoms with van der Waals surface area (Å²) in [5, 5.41) is 0. The maximum Gasteiger partial charge on any atom is 0.302 e. The van der Waals surface area contributed by atoms with Crippen LogP contribution in [0.4, 0.5) is 0 Å². The van der Waals surface area contributed by atoms with E-state index >= 15 is 0 Å². The summed E-state index contributed by atoms with van der Waals surface area (Å²) in [6.45, 7) is 1.52. The fourth-order valence-corrected chi connectivity index (χ4v) is 3.82. The highest BCUT2D eigenvalue weighted by atomic mass is 16.5. The van der Waals surface area contributed by atoms with E-state index in [0.717, 1.165) is 18.3 Å². The molecule has 0 aromatic carbocycles. The molecule has 0 saturated heterocycles. The molecule has 0 spiro atoms. The lowest BCUT2D eigenvalue weighted by atomic mass is 9.85. The maximum absolute atomic E-state index is 11.0. The van der Waals surface area contributed by atoms with Gasteiger partial charge in [-0.05, 0) is 37.0 Å². The molecule has 2 bridgehead atoms. The number of fused-ring (bicyclic) bond motifs is 5. The normalized spacial score (nSPS) is 48.2. The van der Waals surface area contributed by atoms with Crippen LogP contribution in [-0.2, 0) is 9.53 Å². The molecule has 0 N–H and O–H groups in total. The number of hydrogen-bond donors (Lipinski definition) is 0. The number of hydrogen-bond acceptors (Lipinski definition) is 2. The first-order valence-electron chi connectivity index (χ1n) is 5.61. The number of carbonyl (C=O) groups is 1. The van der Waals surface area contributed by atoms with Crippen molar-refractivity contribution in [3.8, 4) is 0 Å². The Hall–Kier alpha value is -0.790. The van der Waals surface area contributed by atoms with Crippen molar-refractivity contribution >= 4 is 5.97 Å². The van der Waals surface area contributed by atoms with Gasteiger partial charge in [0, 0.05) is 12.8 Å². The summed E-state index contributed by atoms with van der Waals surface area (Å²) < 4.78 is 5.40. The van der Waals surface area contributed by atoms with Crippen LogP contribution < -0.4 is 0 Å². The van der Waals surface area contributed by atoms with Gasteiger partial charge in [0.25, 0.3) is 0 Å². The fraction of sp³-hybridized carbons (Fsp3) is 0.750. The molecule has 76 valence electrons. The van der Waals surface area contributed by atoms with Crippen LogP contribution >= 0.6 is 0 Å². The summed E-state index contributed by atoms with van der Waals surface area (Å²) in [5.41, 5.74) is 0. The Morgan fingerprint density at radius 3 is 2.86 bits per heavy atom. The lowest BCUT2D eigenvalue weighted by Gasteiger charge is -2.25. The Labute approximate surface area is 84.3 Å². The second-order valence-corrected chi connectivity index (χ2v) is 4.91. The summed E-state index contributed by atoms with van der Waals surface area (Å²) >= 11 is 0. The van der Waals surface area contributed by atoms with E-state index in [-0.39, 0.29) is 12.1 Å². The molecule has 2 saturated carbocycles. The third-order valence-corrected chi connectivity index (χ3v) is 4.22. The lowest BCUT2D eigenvalue weighted by molar-refractivity contribution is -0.148. The van der Waals surface area contributed by atoms with Gasteiger partial charge in [-0.2, -0.15) is 0 Å². The van der Waals surface area contributed by atoms with Gasteiger partial charge in [0.05, 0.1) is 0 Å². The van der Waals surface area contributed by atoms with Crippen molar-refractivity contribution in [2.45, 2.75) is 32.3 Å². The molecule has 0 heterocycles. The monoisotopic (exact) mass is 192 g/mol. The minimum atomic E-state index is -0.109. The molecule has 3 aliphatic carbocycles. The molecule has 0 aliphatic heterocycles. The highest BCUT2D eigenvalue weighted by molar-refractivity contribution is 5.66. The van der Waals surface area contributed by atoms with Gasteiger partial charge < -0.3 is 4.74 Å². The van der Waals surface area contributed by atoms with E-state index in [1.165, 1.54) is 19.8 Å². The van der Waals surface area contributed by atoms with Gasteiger partial charge in [0.1, 0.15) is 6.10 Å². The zero-order valence-corrected chi connectivity index (χ0v) is 8.48. The van der Waals surface area contributed by atoms with Gasteiger partial charge in [-0.25, -0.2) is 0 Å². The van der Waals surface area contributed by atoms with Crippen LogP contribution in [0.1, 0.15) is 26.2 Å². The van der Waals surface area contributed by atoms with Gasteiger partial charge in [0.15, 0.2) is 0 Å². The van der Waals surface area contributed by atoms with Gasteiger partial charge in [-0.15, -0.1) is 0 Å². The maximum atomic E-state index is 11.0. The summed E-state index contributed by atoms with van der Waals surface area (Å²) in [7, 11) is 0. The van der Waals surface area contributed by atoms with Crippen LogP contribution in [-0.4, -0.2) is 12.1 Å². The smallest absolute Gasteiger partial charge is 0.302 e. The summed E-state index contributed by atoms with van der Waals surface area (Å²) in [6, 6.07) is 0. The number of carbonyl (C=O) groups excluding carboxylic acids is 1. The molecule has 0 radical (unpaired) electrons. The molecule has 5 atom stereocenters. The fourth-order valence-electron chi connectivity index (χ4n) is 3.82. The number of allylic oxidation sites excluding steroid dienone is 2. The third kappa shape index (κ3) is 1.06. The average Bonchev–Trinajstić information content (AvgIpc) is 2.74. The first-order valence-corrected chi connectivity index (χ1v) is 5.61. The van der Waals surface area contributed by atoms with E-state index in [0.29, 0.717) is 11.8 Å². The highest BCUT2D eigenvalue weighted by Gasteiger charge is 2.52. The Balaban J connectivity index is 1.79. The van der Waals surface area contributed by atoms with E-state index in [9.17, 15) is 4.79 Å². The Morgan fingerprint density at radius 2 is 2.07 bits per heavy atom. The van der Waals surface area contributed by atoms with Crippen LogP contribution in [0.3, 0.4) is 0 Å². The molecule has 0 aromatic rings. The van der Waals surface area contributed by atoms with Crippen LogP contribution in [0, 0.1) is 23.7 Å². The quantitative estimate of drug-likeness (QED) is 0.470. The van der Waals surface area contributed by atoms with E-state index < -0.39 is 0 Å². The first-order chi connectivity index (χ1) is 6.75. The van der Waals surface area contributed by atoms with Crippen molar-refractivity contribution in [3.63, 3.8) is 0 Å². The summed E-state index contributed by atoms with van der Waals surface area (Å²) in [6.07, 6.45) is 8.60. The van der Waals surface area contributed by atoms with Crippen molar-refractivity contribution < 1.29 is 9.53 Å². The average molecular weight is 192 g/mol. The highest BCUT2D eigenvalue weighted by Crippen LogP contribution is 2.56. The predicted octanol–water partition coefficient (Wildman–Crippen LogP) is 2.15. The standard InChI is InChI=1S/C12H16O2/c1-7(13)14-11-5-4-10-8-2-3-9(6-8)12(10)11/h2-3,8-12H,4-6H2,1H3/t8-,9+,10-,11?,12+/m1/s1. The van der Waals surface area contributed by atoms with Gasteiger partial charge >= 0.3 is 5.97 Å². The third-order valence-electron chi connectivity index (χ3n) is 4.22. The molecule has 0 aromatic heterocycles. The Bertz CT molecular complexity index is 295. The molecule has 1 unspecified atom stereocenters. The predicted molar refractivity (Wildman–Crippen MR) is 52.5 cm³/mol. The van der Waals surface area contributed by atoms with Gasteiger partial charge in [0.2, 0.25) is 0 Å². The SMILES string of the molecule is CC(=O)OC1CC[C@H]2[C@@H]1[C@H]1C=C[C@@H]2C1. The molecule has 3 rings (SSSR count). The second kappa shape index (κ2) is 2.85. The molecule has 14 heavy (non-hydrogen) atoms. The molecular weight excluding hydrogens is 176 g/mol. The summed E-state index contributed by atoms with van der Waals surface area (Å²) in [5.74, 6) is 2.85. The van der Waals surface area contributed by atoms with Crippen molar-refractivity contribution in [2.24, 2.45) is 23.7 Å². The zero-order valence-electron chi connectivity index (χ0n) is 8.48. The van der Waals surface area contributed by atoms with Crippen molar-refractivity contribution in [1.82, 2.24) is 0 Å². The molecule has 2 fully saturated rings. The number of esters is 1. The second-order valence-electron chi connectivity index (χ2n) is 4.91. The minimum absolute atomic E-state index is 0.109. The molecular formula is C12H16O2. The Kier molecular flexibility index (Phi) is 1.73. The van der Waals surface area contributed by atoms with Crippen LogP contribution in [0.25, 0.3) is 0 Å². The Morgan fingerprint density at radius 1 is 1.29 bits per heavy atom. The number of ether oxygens (including phenoxy) is 1. The van der Waals surface area contributed by atoms with E-state index in [4.69, 9.17) is 4.74 Å². The van der Waals surface area contributed by atoms with Gasteiger partial charge in [-0.1, -0.05) is 12.2 Å². The van der Waals surface area contributed by atoms with Gasteiger partial charge in [-0.3, -0.25) is 4.79 Å². The molecule has 2 heteroatoms. The minimum Gasteiger partial charge on any atom is -0.462 e. The lowest BCUT2D eigenvalue weighted by Crippen LogP contribution is -2.27. The molecule has 3 aliphatic rings. The molecule has 2 nitrogen and oxygen atoms in total. The topological polar surface area (TPSA) is 26.3 Å².